The Bertz CT molecular complexity index is 1860. The summed E-state index contributed by atoms with van der Waals surface area (Å²) < 4.78 is 28.3. The van der Waals surface area contributed by atoms with Gasteiger partial charge in [0.2, 0.25) is 0 Å². The molecule has 0 bridgehead atoms. The largest absolute Gasteiger partial charge is 0.384 e. The smallest absolute Gasteiger partial charge is 0.265 e. The maximum Gasteiger partial charge on any atom is 0.265 e. The van der Waals surface area contributed by atoms with Gasteiger partial charge in [0.25, 0.3) is 5.56 Å². The van der Waals surface area contributed by atoms with Gasteiger partial charge in [0.1, 0.15) is 17.0 Å². The molecule has 6 aromatic rings. The van der Waals surface area contributed by atoms with E-state index in [9.17, 15) is 13.6 Å². The lowest BCUT2D eigenvalue weighted by Crippen LogP contribution is -2.22. The summed E-state index contributed by atoms with van der Waals surface area (Å²) in [5.41, 5.74) is 9.91. The molecule has 0 aliphatic rings. The number of pyridine rings is 2. The Kier molecular flexibility index (Phi) is 5.72. The highest BCUT2D eigenvalue weighted by molar-refractivity contribution is 5.89. The van der Waals surface area contributed by atoms with Crippen LogP contribution in [-0.4, -0.2) is 29.7 Å². The van der Waals surface area contributed by atoms with Crippen molar-refractivity contribution in [2.24, 2.45) is 0 Å². The molecule has 0 spiro atoms. The van der Waals surface area contributed by atoms with Gasteiger partial charge in [0.05, 0.1) is 23.8 Å². The van der Waals surface area contributed by atoms with E-state index < -0.39 is 11.6 Å². The minimum atomic E-state index is -0.971. The number of hydrogen-bond acceptors (Lipinski definition) is 7. The van der Waals surface area contributed by atoms with Gasteiger partial charge in [0, 0.05) is 24.5 Å². The number of H-pyrrole nitrogens is 1. The average molecular weight is 511 g/mol. The summed E-state index contributed by atoms with van der Waals surface area (Å²) in [6.07, 6.45) is 4.71. The summed E-state index contributed by atoms with van der Waals surface area (Å²) in [4.78, 5) is 26.3. The molecule has 0 aliphatic carbocycles. The number of benzene rings is 2. The molecule has 0 radical (unpaired) electrons. The van der Waals surface area contributed by atoms with Crippen LogP contribution in [0.1, 0.15) is 11.1 Å². The van der Waals surface area contributed by atoms with E-state index in [4.69, 9.17) is 5.73 Å². The maximum absolute atomic E-state index is 13.6. The quantitative estimate of drug-likeness (QED) is 0.306. The second-order valence-corrected chi connectivity index (χ2v) is 8.76. The van der Waals surface area contributed by atoms with Crippen molar-refractivity contribution in [2.45, 2.75) is 13.1 Å². The summed E-state index contributed by atoms with van der Waals surface area (Å²) in [6, 6.07) is 15.0. The summed E-state index contributed by atoms with van der Waals surface area (Å²) >= 11 is 0. The highest BCUT2D eigenvalue weighted by atomic mass is 19.2. The third-order valence-corrected chi connectivity index (χ3v) is 6.26. The van der Waals surface area contributed by atoms with Crippen LogP contribution < -0.4 is 16.6 Å². The van der Waals surface area contributed by atoms with E-state index in [0.717, 1.165) is 34.2 Å². The molecule has 6 rings (SSSR count). The van der Waals surface area contributed by atoms with Gasteiger partial charge in [0.15, 0.2) is 17.3 Å². The Morgan fingerprint density at radius 2 is 1.74 bits per heavy atom. The van der Waals surface area contributed by atoms with Crippen LogP contribution >= 0.6 is 0 Å². The second-order valence-electron chi connectivity index (χ2n) is 8.76. The number of nitrogens with two attached hydrogens (primary N) is 1. The molecule has 4 heterocycles. The number of aromatic amines is 1. The molecule has 4 N–H and O–H groups in total. The molecule has 0 aliphatic heterocycles. The average Bonchev–Trinajstić information content (AvgIpc) is 3.31. The molecule has 0 amide bonds. The van der Waals surface area contributed by atoms with Crippen LogP contribution in [0, 0.1) is 11.6 Å². The van der Waals surface area contributed by atoms with Crippen molar-refractivity contribution in [1.82, 2.24) is 29.7 Å². The number of aromatic nitrogens is 6. The number of nitrogens with one attached hydrogen (secondary N) is 2. The van der Waals surface area contributed by atoms with Gasteiger partial charge in [-0.2, -0.15) is 5.10 Å². The molecule has 4 aromatic heterocycles. The van der Waals surface area contributed by atoms with Gasteiger partial charge in [-0.15, -0.1) is 0 Å². The van der Waals surface area contributed by atoms with E-state index in [1.165, 1.54) is 17.0 Å². The van der Waals surface area contributed by atoms with Crippen LogP contribution in [0.3, 0.4) is 0 Å². The topological polar surface area (TPSA) is 127 Å². The summed E-state index contributed by atoms with van der Waals surface area (Å²) in [6.45, 7) is 0.454. The minimum Gasteiger partial charge on any atom is -0.384 e. The predicted octanol–water partition coefficient (Wildman–Crippen LogP) is 4.25. The first kappa shape index (κ1) is 23.2. The lowest BCUT2D eigenvalue weighted by Gasteiger charge is -2.11. The lowest BCUT2D eigenvalue weighted by atomic mass is 10.0. The molecule has 0 fully saturated rings. The van der Waals surface area contributed by atoms with Gasteiger partial charge in [-0.25, -0.2) is 23.7 Å². The first-order valence-electron chi connectivity index (χ1n) is 11.7. The zero-order valence-electron chi connectivity index (χ0n) is 19.8. The normalized spacial score (nSPS) is 11.3. The van der Waals surface area contributed by atoms with Crippen LogP contribution in [0.4, 0.5) is 20.4 Å². The third-order valence-electron chi connectivity index (χ3n) is 6.26. The number of hydrogen-bond donors (Lipinski definition) is 3. The molecule has 188 valence electrons. The molecular weight excluding hydrogens is 490 g/mol. The van der Waals surface area contributed by atoms with Gasteiger partial charge in [-0.1, -0.05) is 30.3 Å². The Labute approximate surface area is 214 Å². The van der Waals surface area contributed by atoms with E-state index in [0.29, 0.717) is 40.3 Å². The first-order chi connectivity index (χ1) is 18.5. The summed E-state index contributed by atoms with van der Waals surface area (Å²) in [5.74, 6) is -1.06. The van der Waals surface area contributed by atoms with E-state index in [2.05, 4.69) is 30.5 Å². The highest BCUT2D eigenvalue weighted by Gasteiger charge is 2.12. The second kappa shape index (κ2) is 9.36. The van der Waals surface area contributed by atoms with E-state index in [1.807, 2.05) is 30.3 Å². The van der Waals surface area contributed by atoms with Crippen molar-refractivity contribution in [1.29, 1.82) is 0 Å². The van der Waals surface area contributed by atoms with Crippen LogP contribution in [0.5, 0.6) is 0 Å². The van der Waals surface area contributed by atoms with Crippen LogP contribution in [-0.2, 0) is 13.1 Å². The molecule has 9 nitrogen and oxygen atoms in total. The van der Waals surface area contributed by atoms with Crippen molar-refractivity contribution in [2.75, 3.05) is 11.1 Å². The first-order valence-corrected chi connectivity index (χ1v) is 11.7. The fraction of sp³-hybridized carbons (Fsp3) is 0.0741. The van der Waals surface area contributed by atoms with Crippen LogP contribution in [0.25, 0.3) is 33.1 Å². The van der Waals surface area contributed by atoms with Crippen LogP contribution in [0.15, 0.2) is 78.1 Å². The Morgan fingerprint density at radius 3 is 2.55 bits per heavy atom. The molecular formula is C27H20F2N8O. The van der Waals surface area contributed by atoms with Crippen molar-refractivity contribution in [3.8, 4) is 11.1 Å². The Hall–Kier alpha value is -5.19. The SMILES string of the molecule is Nc1[nH]nc2ncc(-c3ccc(CNc4nccc5ncn(Cc6ccc(F)c(F)c6)c(=O)c45)cc3)cc12. The number of anilines is 2. The highest BCUT2D eigenvalue weighted by Crippen LogP contribution is 2.25. The number of fused-ring (bicyclic) bond motifs is 2. The molecule has 0 atom stereocenters. The zero-order chi connectivity index (χ0) is 26.2. The molecule has 0 saturated heterocycles. The molecule has 38 heavy (non-hydrogen) atoms. The molecule has 0 saturated carbocycles. The fourth-order valence-corrected chi connectivity index (χ4v) is 4.26. The van der Waals surface area contributed by atoms with Gasteiger partial charge in [-0.05, 0) is 41.0 Å². The number of nitrogen functional groups attached to an aromatic ring is 1. The third kappa shape index (κ3) is 4.30. The Balaban J connectivity index is 1.23. The van der Waals surface area contributed by atoms with Crippen molar-refractivity contribution in [3.63, 3.8) is 0 Å². The lowest BCUT2D eigenvalue weighted by molar-refractivity contribution is 0.506. The van der Waals surface area contributed by atoms with E-state index in [1.54, 1.807) is 18.5 Å². The number of rotatable bonds is 6. The predicted molar refractivity (Wildman–Crippen MR) is 140 cm³/mol. The van der Waals surface area contributed by atoms with Gasteiger partial charge >= 0.3 is 0 Å². The van der Waals surface area contributed by atoms with Crippen molar-refractivity contribution in [3.05, 3.63) is 106 Å². The van der Waals surface area contributed by atoms with Gasteiger partial charge in [-0.3, -0.25) is 14.5 Å². The minimum absolute atomic E-state index is 0.0416. The van der Waals surface area contributed by atoms with Gasteiger partial charge < -0.3 is 11.1 Å². The molecule has 0 unspecified atom stereocenters. The van der Waals surface area contributed by atoms with Crippen LogP contribution in [0.2, 0.25) is 0 Å². The maximum atomic E-state index is 13.6. The monoisotopic (exact) mass is 510 g/mol. The summed E-state index contributed by atoms with van der Waals surface area (Å²) in [5, 5.41) is 11.1. The Morgan fingerprint density at radius 1 is 0.921 bits per heavy atom. The van der Waals surface area contributed by atoms with Crippen molar-refractivity contribution < 1.29 is 8.78 Å². The summed E-state index contributed by atoms with van der Waals surface area (Å²) in [7, 11) is 0. The number of halogens is 2. The molecule has 2 aromatic carbocycles. The zero-order valence-corrected chi connectivity index (χ0v) is 19.8. The van der Waals surface area contributed by atoms with E-state index >= 15 is 0 Å². The standard InChI is InChI=1S/C27H20F2N8O/c28-20-6-3-16(9-21(20)29)13-37-14-34-22-7-8-31-26(23(22)27(37)38)32-11-15-1-4-17(5-2-15)18-10-19-24(30)35-36-25(19)33-12-18/h1-10,12,14H,11,13H2,(H,31,32)(H3,30,33,35,36). The number of nitrogens with zero attached hydrogens (tertiary/aromatic N) is 5. The van der Waals surface area contributed by atoms with Crippen molar-refractivity contribution >= 4 is 33.6 Å². The van der Waals surface area contributed by atoms with E-state index in [-0.39, 0.29) is 12.1 Å². The fourth-order valence-electron chi connectivity index (χ4n) is 4.26. The molecule has 11 heteroatoms.